The molecule has 16 heavy (non-hydrogen) atoms. The summed E-state index contributed by atoms with van der Waals surface area (Å²) in [6.07, 6.45) is 1.99. The van der Waals surface area contributed by atoms with Crippen LogP contribution >= 0.6 is 0 Å². The minimum absolute atomic E-state index is 0.0469. The van der Waals surface area contributed by atoms with Gasteiger partial charge in [-0.15, -0.1) is 0 Å². The van der Waals surface area contributed by atoms with Crippen LogP contribution in [0.2, 0.25) is 0 Å². The fourth-order valence-electron chi connectivity index (χ4n) is 2.00. The molecule has 1 heterocycles. The first kappa shape index (κ1) is 10.0. The molecule has 1 aromatic carbocycles. The second-order valence-electron chi connectivity index (χ2n) is 4.09. The van der Waals surface area contributed by atoms with Crippen molar-refractivity contribution in [2.45, 2.75) is 23.8 Å². The van der Waals surface area contributed by atoms with E-state index in [2.05, 4.69) is 4.72 Å². The average molecular weight is 242 g/mol. The maximum Gasteiger partial charge on any atom is 0.244 e. The van der Waals surface area contributed by atoms with E-state index in [0.29, 0.717) is 0 Å². The van der Waals surface area contributed by atoms with Crippen LogP contribution in [0.4, 0.5) is 10.1 Å². The van der Waals surface area contributed by atoms with Crippen LogP contribution in [0.5, 0.6) is 0 Å². The maximum atomic E-state index is 13.7. The largest absolute Gasteiger partial charge is 0.351 e. The number of para-hydroxylation sites is 1. The molecule has 3 rings (SSSR count). The molecule has 86 valence electrons. The van der Waals surface area contributed by atoms with Gasteiger partial charge in [0.25, 0.3) is 0 Å². The molecule has 0 saturated heterocycles. The Morgan fingerprint density at radius 1 is 1.38 bits per heavy atom. The van der Waals surface area contributed by atoms with E-state index in [1.807, 2.05) is 0 Å². The van der Waals surface area contributed by atoms with E-state index in [-0.39, 0.29) is 23.3 Å². The quantitative estimate of drug-likeness (QED) is 0.800. The number of nitrogens with one attached hydrogen (secondary N) is 1. The summed E-state index contributed by atoms with van der Waals surface area (Å²) >= 11 is 0. The molecule has 1 aliphatic heterocycles. The lowest BCUT2D eigenvalue weighted by Gasteiger charge is -2.31. The van der Waals surface area contributed by atoms with Crippen LogP contribution in [0.15, 0.2) is 23.1 Å². The molecule has 6 heteroatoms. The maximum absolute atomic E-state index is 13.7. The average Bonchev–Trinajstić information content (AvgIpc) is 3.03. The van der Waals surface area contributed by atoms with Crippen LogP contribution in [0.3, 0.4) is 0 Å². The van der Waals surface area contributed by atoms with Crippen molar-refractivity contribution in [2.75, 3.05) is 11.6 Å². The highest BCUT2D eigenvalue weighted by atomic mass is 32.2. The van der Waals surface area contributed by atoms with E-state index in [9.17, 15) is 12.8 Å². The van der Waals surface area contributed by atoms with Crippen molar-refractivity contribution >= 4 is 15.7 Å². The molecule has 0 spiro atoms. The van der Waals surface area contributed by atoms with Gasteiger partial charge in [-0.05, 0) is 25.0 Å². The van der Waals surface area contributed by atoms with Gasteiger partial charge in [-0.3, -0.25) is 0 Å². The van der Waals surface area contributed by atoms with E-state index >= 15 is 0 Å². The van der Waals surface area contributed by atoms with Gasteiger partial charge in [0.15, 0.2) is 0 Å². The minimum Gasteiger partial charge on any atom is -0.351 e. The van der Waals surface area contributed by atoms with E-state index in [1.54, 1.807) is 4.90 Å². The molecule has 0 radical (unpaired) electrons. The van der Waals surface area contributed by atoms with Gasteiger partial charge < -0.3 is 4.90 Å². The van der Waals surface area contributed by atoms with Crippen LogP contribution in [0.25, 0.3) is 0 Å². The SMILES string of the molecule is O=S1(=O)NCN(C2CC2)c2c(F)cccc21. The minimum atomic E-state index is -3.53. The van der Waals surface area contributed by atoms with Crippen molar-refractivity contribution in [1.29, 1.82) is 0 Å². The van der Waals surface area contributed by atoms with Gasteiger partial charge in [-0.25, -0.2) is 12.8 Å². The molecule has 1 aromatic rings. The number of benzene rings is 1. The number of halogens is 1. The third-order valence-electron chi connectivity index (χ3n) is 2.94. The Bertz CT molecular complexity index is 540. The van der Waals surface area contributed by atoms with E-state index in [1.165, 1.54) is 18.2 Å². The highest BCUT2D eigenvalue weighted by Crippen LogP contribution is 2.38. The summed E-state index contributed by atoms with van der Waals surface area (Å²) in [7, 11) is -3.53. The summed E-state index contributed by atoms with van der Waals surface area (Å²) in [5.74, 6) is -0.463. The lowest BCUT2D eigenvalue weighted by atomic mass is 10.2. The van der Waals surface area contributed by atoms with Gasteiger partial charge in [0, 0.05) is 6.04 Å². The van der Waals surface area contributed by atoms with Crippen LogP contribution < -0.4 is 9.62 Å². The number of sulfonamides is 1. The molecule has 1 N–H and O–H groups in total. The predicted molar refractivity (Wildman–Crippen MR) is 57.1 cm³/mol. The Labute approximate surface area is 93.1 Å². The van der Waals surface area contributed by atoms with Gasteiger partial charge in [-0.2, -0.15) is 4.72 Å². The molecular weight excluding hydrogens is 231 g/mol. The fourth-order valence-corrected chi connectivity index (χ4v) is 3.19. The monoisotopic (exact) mass is 242 g/mol. The summed E-state index contributed by atoms with van der Waals surface area (Å²) in [6, 6.07) is 4.44. The molecule has 1 aliphatic carbocycles. The fraction of sp³-hybridized carbons (Fsp3) is 0.400. The third kappa shape index (κ3) is 1.41. The summed E-state index contributed by atoms with van der Waals surface area (Å²) in [5.41, 5.74) is 0.226. The second kappa shape index (κ2) is 3.18. The summed E-state index contributed by atoms with van der Waals surface area (Å²) in [4.78, 5) is 1.84. The highest BCUT2D eigenvalue weighted by Gasteiger charge is 2.38. The molecule has 0 atom stereocenters. The van der Waals surface area contributed by atoms with Crippen LogP contribution in [-0.4, -0.2) is 21.1 Å². The first-order valence-corrected chi connectivity index (χ1v) is 6.63. The van der Waals surface area contributed by atoms with Gasteiger partial charge in [-0.1, -0.05) is 6.07 Å². The number of nitrogens with zero attached hydrogens (tertiary/aromatic N) is 1. The smallest absolute Gasteiger partial charge is 0.244 e. The molecule has 0 amide bonds. The molecular formula is C10H11FN2O2S. The highest BCUT2D eigenvalue weighted by molar-refractivity contribution is 7.89. The Morgan fingerprint density at radius 3 is 2.81 bits per heavy atom. The zero-order chi connectivity index (χ0) is 11.3. The Morgan fingerprint density at radius 2 is 2.12 bits per heavy atom. The number of hydrogen-bond acceptors (Lipinski definition) is 3. The lowest BCUT2D eigenvalue weighted by molar-refractivity contribution is 0.557. The van der Waals surface area contributed by atoms with Crippen LogP contribution in [-0.2, 0) is 10.0 Å². The molecule has 2 aliphatic rings. The zero-order valence-corrected chi connectivity index (χ0v) is 9.30. The first-order valence-electron chi connectivity index (χ1n) is 5.14. The molecule has 0 bridgehead atoms. The Hall–Kier alpha value is -1.14. The van der Waals surface area contributed by atoms with Crippen molar-refractivity contribution in [3.8, 4) is 0 Å². The predicted octanol–water partition coefficient (Wildman–Crippen LogP) is 1.04. The summed E-state index contributed by atoms with van der Waals surface area (Å²) < 4.78 is 39.6. The third-order valence-corrected chi connectivity index (χ3v) is 4.36. The van der Waals surface area contributed by atoms with Gasteiger partial charge >= 0.3 is 0 Å². The standard InChI is InChI=1S/C10H11FN2O2S/c11-8-2-1-3-9-10(8)13(7-4-5-7)6-12-16(9,14)15/h1-3,7,12H,4-6H2. The van der Waals surface area contributed by atoms with Crippen molar-refractivity contribution in [1.82, 2.24) is 4.72 Å². The lowest BCUT2D eigenvalue weighted by Crippen LogP contribution is -2.44. The van der Waals surface area contributed by atoms with Gasteiger partial charge in [0.1, 0.15) is 10.7 Å². The van der Waals surface area contributed by atoms with Gasteiger partial charge in [0.2, 0.25) is 10.0 Å². The molecule has 0 unspecified atom stereocenters. The summed E-state index contributed by atoms with van der Waals surface area (Å²) in [5, 5.41) is 0. The Kier molecular flexibility index (Phi) is 1.99. The van der Waals surface area contributed by atoms with Crippen LogP contribution in [0.1, 0.15) is 12.8 Å². The molecule has 4 nitrogen and oxygen atoms in total. The van der Waals surface area contributed by atoms with Gasteiger partial charge in [0.05, 0.1) is 12.4 Å². The number of rotatable bonds is 1. The zero-order valence-electron chi connectivity index (χ0n) is 8.48. The molecule has 0 aromatic heterocycles. The number of anilines is 1. The number of fused-ring (bicyclic) bond motifs is 1. The molecule has 1 fully saturated rings. The van der Waals surface area contributed by atoms with Crippen molar-refractivity contribution in [3.63, 3.8) is 0 Å². The van der Waals surface area contributed by atoms with E-state index < -0.39 is 15.8 Å². The first-order chi connectivity index (χ1) is 7.59. The van der Waals surface area contributed by atoms with Crippen molar-refractivity contribution in [2.24, 2.45) is 0 Å². The van der Waals surface area contributed by atoms with Crippen LogP contribution in [0, 0.1) is 5.82 Å². The van der Waals surface area contributed by atoms with E-state index in [4.69, 9.17) is 0 Å². The number of hydrogen-bond donors (Lipinski definition) is 1. The van der Waals surface area contributed by atoms with Crippen molar-refractivity contribution < 1.29 is 12.8 Å². The summed E-state index contributed by atoms with van der Waals surface area (Å²) in [6.45, 7) is 0.168. The molecule has 1 saturated carbocycles. The normalized spacial score (nSPS) is 22.9. The Balaban J connectivity index is 2.21. The van der Waals surface area contributed by atoms with E-state index in [0.717, 1.165) is 12.8 Å². The second-order valence-corrected chi connectivity index (χ2v) is 5.83. The van der Waals surface area contributed by atoms with Crippen molar-refractivity contribution in [3.05, 3.63) is 24.0 Å². The topological polar surface area (TPSA) is 49.4 Å².